The van der Waals surface area contributed by atoms with Gasteiger partial charge in [0.25, 0.3) is 5.91 Å². The van der Waals surface area contributed by atoms with Gasteiger partial charge in [0.2, 0.25) is 0 Å². The lowest BCUT2D eigenvalue weighted by Gasteiger charge is -2.07. The van der Waals surface area contributed by atoms with Crippen LogP contribution >= 0.6 is 11.3 Å². The summed E-state index contributed by atoms with van der Waals surface area (Å²) in [5.41, 5.74) is 0.893. The minimum absolute atomic E-state index is 0.299. The molecular weight excluding hydrogens is 318 g/mol. The molecule has 2 rings (SSSR count). The lowest BCUT2D eigenvalue weighted by Crippen LogP contribution is -2.20. The molecule has 1 amide bonds. The molecule has 1 aromatic carbocycles. The molecule has 0 saturated heterocycles. The fourth-order valence-corrected chi connectivity index (χ4v) is 2.31. The number of carbonyl (C=O) groups is 3. The highest BCUT2D eigenvalue weighted by Gasteiger charge is 2.11. The number of benzene rings is 1. The van der Waals surface area contributed by atoms with Crippen LogP contribution in [0.2, 0.25) is 0 Å². The SMILES string of the molecule is CCOC(=O)c1ccc(NC(=O)COC(=O)c2cccs2)cc1. The summed E-state index contributed by atoms with van der Waals surface area (Å²) >= 11 is 1.24. The summed E-state index contributed by atoms with van der Waals surface area (Å²) in [7, 11) is 0. The zero-order valence-corrected chi connectivity index (χ0v) is 13.2. The number of nitrogens with one attached hydrogen (secondary N) is 1. The molecule has 0 spiro atoms. The van der Waals surface area contributed by atoms with Crippen molar-refractivity contribution in [3.05, 3.63) is 52.2 Å². The molecule has 0 unspecified atom stereocenters. The topological polar surface area (TPSA) is 81.7 Å². The minimum atomic E-state index is -0.534. The van der Waals surface area contributed by atoms with Gasteiger partial charge < -0.3 is 14.8 Å². The molecule has 2 aromatic rings. The average Bonchev–Trinajstić information content (AvgIpc) is 3.08. The van der Waals surface area contributed by atoms with E-state index in [-0.39, 0.29) is 6.61 Å². The molecule has 0 bridgehead atoms. The van der Waals surface area contributed by atoms with Crippen LogP contribution in [0.4, 0.5) is 5.69 Å². The number of rotatable bonds is 6. The van der Waals surface area contributed by atoms with E-state index >= 15 is 0 Å². The van der Waals surface area contributed by atoms with E-state index in [9.17, 15) is 14.4 Å². The van der Waals surface area contributed by atoms with Gasteiger partial charge in [-0.05, 0) is 42.6 Å². The van der Waals surface area contributed by atoms with Crippen molar-refractivity contribution in [1.29, 1.82) is 0 Å². The number of thiophene rings is 1. The number of anilines is 1. The van der Waals surface area contributed by atoms with Gasteiger partial charge in [-0.15, -0.1) is 11.3 Å². The van der Waals surface area contributed by atoms with Crippen LogP contribution in [0.3, 0.4) is 0 Å². The third kappa shape index (κ3) is 4.93. The molecule has 0 fully saturated rings. The van der Waals surface area contributed by atoms with Gasteiger partial charge in [0.15, 0.2) is 6.61 Å². The molecule has 1 N–H and O–H groups in total. The van der Waals surface area contributed by atoms with E-state index in [1.807, 2.05) is 0 Å². The van der Waals surface area contributed by atoms with Crippen LogP contribution in [-0.4, -0.2) is 31.1 Å². The summed E-state index contributed by atoms with van der Waals surface area (Å²) in [6.45, 7) is 1.65. The van der Waals surface area contributed by atoms with Gasteiger partial charge in [-0.1, -0.05) is 6.07 Å². The van der Waals surface area contributed by atoms with E-state index in [0.717, 1.165) is 0 Å². The molecule has 0 saturated carbocycles. The van der Waals surface area contributed by atoms with Crippen LogP contribution in [-0.2, 0) is 14.3 Å². The van der Waals surface area contributed by atoms with Crippen molar-refractivity contribution < 1.29 is 23.9 Å². The van der Waals surface area contributed by atoms with Crippen molar-refractivity contribution in [2.75, 3.05) is 18.5 Å². The highest BCUT2D eigenvalue weighted by molar-refractivity contribution is 7.11. The van der Waals surface area contributed by atoms with Crippen molar-refractivity contribution in [2.24, 2.45) is 0 Å². The summed E-state index contributed by atoms with van der Waals surface area (Å²) in [6.07, 6.45) is 0. The first-order valence-electron chi connectivity index (χ1n) is 6.88. The second-order valence-electron chi connectivity index (χ2n) is 4.40. The lowest BCUT2D eigenvalue weighted by molar-refractivity contribution is -0.119. The number of carbonyl (C=O) groups excluding carboxylic acids is 3. The summed E-state index contributed by atoms with van der Waals surface area (Å²) in [6, 6.07) is 9.60. The second kappa shape index (κ2) is 8.09. The molecule has 23 heavy (non-hydrogen) atoms. The van der Waals surface area contributed by atoms with Crippen LogP contribution in [0.25, 0.3) is 0 Å². The normalized spacial score (nSPS) is 9.96. The first-order valence-corrected chi connectivity index (χ1v) is 7.75. The summed E-state index contributed by atoms with van der Waals surface area (Å²) in [5.74, 6) is -1.41. The Morgan fingerprint density at radius 2 is 1.78 bits per heavy atom. The van der Waals surface area contributed by atoms with Gasteiger partial charge in [0.1, 0.15) is 4.88 Å². The van der Waals surface area contributed by atoms with E-state index in [0.29, 0.717) is 22.7 Å². The Morgan fingerprint density at radius 3 is 2.39 bits per heavy atom. The van der Waals surface area contributed by atoms with Gasteiger partial charge in [0, 0.05) is 5.69 Å². The summed E-state index contributed by atoms with van der Waals surface area (Å²) in [4.78, 5) is 35.3. The Kier molecular flexibility index (Phi) is 5.87. The number of hydrogen-bond donors (Lipinski definition) is 1. The maximum absolute atomic E-state index is 11.7. The molecule has 0 aliphatic carbocycles. The number of amides is 1. The maximum Gasteiger partial charge on any atom is 0.348 e. The van der Waals surface area contributed by atoms with Crippen molar-refractivity contribution in [1.82, 2.24) is 0 Å². The predicted molar refractivity (Wildman–Crippen MR) is 85.6 cm³/mol. The third-order valence-electron chi connectivity index (χ3n) is 2.74. The van der Waals surface area contributed by atoms with Crippen molar-refractivity contribution in [3.63, 3.8) is 0 Å². The Labute approximate surface area is 137 Å². The van der Waals surface area contributed by atoms with Crippen LogP contribution in [0.15, 0.2) is 41.8 Å². The molecule has 1 heterocycles. The minimum Gasteiger partial charge on any atom is -0.462 e. The van der Waals surface area contributed by atoms with Gasteiger partial charge in [-0.2, -0.15) is 0 Å². The largest absolute Gasteiger partial charge is 0.462 e. The fraction of sp³-hybridized carbons (Fsp3) is 0.188. The molecule has 0 aliphatic heterocycles. The first kappa shape index (κ1) is 16.7. The second-order valence-corrected chi connectivity index (χ2v) is 5.35. The fourth-order valence-electron chi connectivity index (χ4n) is 1.70. The molecule has 6 nitrogen and oxygen atoms in total. The first-order chi connectivity index (χ1) is 11.1. The number of hydrogen-bond acceptors (Lipinski definition) is 6. The standard InChI is InChI=1S/C16H15NO5S/c1-2-21-15(19)11-5-7-12(8-6-11)17-14(18)10-22-16(20)13-4-3-9-23-13/h3-9H,2,10H2,1H3,(H,17,18). The molecule has 0 radical (unpaired) electrons. The highest BCUT2D eigenvalue weighted by Crippen LogP contribution is 2.12. The van der Waals surface area contributed by atoms with Gasteiger partial charge in [-0.25, -0.2) is 9.59 Å². The summed E-state index contributed by atoms with van der Waals surface area (Å²) in [5, 5.41) is 4.33. The Morgan fingerprint density at radius 1 is 1.04 bits per heavy atom. The van der Waals surface area contributed by atoms with Crippen molar-refractivity contribution in [3.8, 4) is 0 Å². The Bertz CT molecular complexity index is 679. The van der Waals surface area contributed by atoms with Gasteiger partial charge in [0.05, 0.1) is 12.2 Å². The highest BCUT2D eigenvalue weighted by atomic mass is 32.1. The molecule has 0 aliphatic rings. The van der Waals surface area contributed by atoms with Crippen LogP contribution in [0.5, 0.6) is 0 Å². The van der Waals surface area contributed by atoms with E-state index in [4.69, 9.17) is 9.47 Å². The van der Waals surface area contributed by atoms with E-state index in [2.05, 4.69) is 5.32 Å². The van der Waals surface area contributed by atoms with Gasteiger partial charge in [-0.3, -0.25) is 4.79 Å². The maximum atomic E-state index is 11.7. The predicted octanol–water partition coefficient (Wildman–Crippen LogP) is 2.72. The van der Waals surface area contributed by atoms with Crippen LogP contribution < -0.4 is 5.32 Å². The van der Waals surface area contributed by atoms with E-state index in [1.54, 1.807) is 48.7 Å². The monoisotopic (exact) mass is 333 g/mol. The zero-order valence-electron chi connectivity index (χ0n) is 12.4. The zero-order chi connectivity index (χ0) is 16.7. The Balaban J connectivity index is 1.83. The lowest BCUT2D eigenvalue weighted by atomic mass is 10.2. The number of esters is 2. The molecule has 7 heteroatoms. The van der Waals surface area contributed by atoms with Gasteiger partial charge >= 0.3 is 11.9 Å². The quantitative estimate of drug-likeness (QED) is 0.822. The molecule has 0 atom stereocenters. The number of ether oxygens (including phenoxy) is 2. The third-order valence-corrected chi connectivity index (χ3v) is 3.59. The summed E-state index contributed by atoms with van der Waals surface area (Å²) < 4.78 is 9.77. The molecule has 120 valence electrons. The van der Waals surface area contributed by atoms with E-state index < -0.39 is 17.8 Å². The Hall–Kier alpha value is -2.67. The van der Waals surface area contributed by atoms with Crippen LogP contribution in [0.1, 0.15) is 27.0 Å². The van der Waals surface area contributed by atoms with Crippen molar-refractivity contribution >= 4 is 34.9 Å². The average molecular weight is 333 g/mol. The molecular formula is C16H15NO5S. The van der Waals surface area contributed by atoms with Crippen LogP contribution in [0, 0.1) is 0 Å². The van der Waals surface area contributed by atoms with E-state index in [1.165, 1.54) is 11.3 Å². The molecule has 1 aromatic heterocycles. The smallest absolute Gasteiger partial charge is 0.348 e. The van der Waals surface area contributed by atoms with Crippen molar-refractivity contribution in [2.45, 2.75) is 6.92 Å².